The molecule has 0 saturated heterocycles. The van der Waals surface area contributed by atoms with E-state index in [0.29, 0.717) is 12.8 Å². The second-order valence-corrected chi connectivity index (χ2v) is 17.1. The highest BCUT2D eigenvalue weighted by atomic mass is 31.2. The molecule has 0 spiro atoms. The highest BCUT2D eigenvalue weighted by Gasteiger charge is 2.51. The average molecular weight is 822 g/mol. The summed E-state index contributed by atoms with van der Waals surface area (Å²) in [5.74, 6) is -0.607. The van der Waals surface area contributed by atoms with Gasteiger partial charge in [-0.25, -0.2) is 4.57 Å². The zero-order chi connectivity index (χ0) is 41.6. The molecule has 9 N–H and O–H groups in total. The average Bonchev–Trinajstić information content (AvgIpc) is 3.17. The SMILES string of the molecule is CCCCCCCCCCCCCCC/C=C/CC/C=C/C(O)C(COP(=O)(O)OC1C(O)C(O)C(O)C(O)C1O)NC(=O)CC(O)CCCCCCCCC. The van der Waals surface area contributed by atoms with Gasteiger partial charge in [0.05, 0.1) is 31.3 Å². The van der Waals surface area contributed by atoms with Crippen LogP contribution < -0.4 is 5.32 Å². The Labute approximate surface area is 337 Å². The summed E-state index contributed by atoms with van der Waals surface area (Å²) in [4.78, 5) is 23.3. The minimum absolute atomic E-state index is 0.251. The van der Waals surface area contributed by atoms with Crippen LogP contribution in [0.3, 0.4) is 0 Å². The van der Waals surface area contributed by atoms with Crippen molar-refractivity contribution >= 4 is 13.7 Å². The van der Waals surface area contributed by atoms with Crippen LogP contribution in [0.15, 0.2) is 24.3 Å². The third-order valence-corrected chi connectivity index (χ3v) is 11.5. The maximum absolute atomic E-state index is 12.9. The number of carbonyl (C=O) groups is 1. The molecule has 0 aromatic carbocycles. The molecular formula is C42H80NO12P. The van der Waals surface area contributed by atoms with Crippen LogP contribution in [0.1, 0.15) is 174 Å². The largest absolute Gasteiger partial charge is 0.472 e. The van der Waals surface area contributed by atoms with Crippen molar-refractivity contribution in [1.29, 1.82) is 0 Å². The van der Waals surface area contributed by atoms with E-state index in [-0.39, 0.29) is 6.42 Å². The Hall–Kier alpha value is -1.22. The molecule has 1 saturated carbocycles. The van der Waals surface area contributed by atoms with Gasteiger partial charge in [0.25, 0.3) is 0 Å². The quantitative estimate of drug-likeness (QED) is 0.0192. The molecule has 1 fully saturated rings. The van der Waals surface area contributed by atoms with Crippen LogP contribution in [0, 0.1) is 0 Å². The van der Waals surface area contributed by atoms with Gasteiger partial charge in [0.15, 0.2) is 0 Å². The highest BCUT2D eigenvalue weighted by molar-refractivity contribution is 7.47. The van der Waals surface area contributed by atoms with Crippen molar-refractivity contribution in [3.63, 3.8) is 0 Å². The molecular weight excluding hydrogens is 741 g/mol. The molecule has 0 bridgehead atoms. The van der Waals surface area contributed by atoms with Gasteiger partial charge < -0.3 is 46.0 Å². The molecule has 13 nitrogen and oxygen atoms in total. The number of phosphoric acid groups is 1. The number of unbranched alkanes of at least 4 members (excludes halogenated alkanes) is 20. The van der Waals surface area contributed by atoms with Crippen molar-refractivity contribution < 1.29 is 59.0 Å². The third kappa shape index (κ3) is 24.6. The van der Waals surface area contributed by atoms with Crippen LogP contribution in [-0.4, -0.2) is 108 Å². The van der Waals surface area contributed by atoms with Crippen molar-refractivity contribution in [2.45, 2.75) is 229 Å². The van der Waals surface area contributed by atoms with E-state index in [4.69, 9.17) is 9.05 Å². The molecule has 1 amide bonds. The number of hydrogen-bond acceptors (Lipinski definition) is 11. The summed E-state index contributed by atoms with van der Waals surface area (Å²) >= 11 is 0. The molecule has 0 aliphatic heterocycles. The molecule has 0 aromatic rings. The Kier molecular flexibility index (Phi) is 30.7. The summed E-state index contributed by atoms with van der Waals surface area (Å²) < 4.78 is 22.7. The lowest BCUT2D eigenvalue weighted by atomic mass is 9.85. The van der Waals surface area contributed by atoms with E-state index in [1.54, 1.807) is 6.08 Å². The van der Waals surface area contributed by atoms with Gasteiger partial charge >= 0.3 is 7.82 Å². The van der Waals surface area contributed by atoms with Crippen LogP contribution in [-0.2, 0) is 18.4 Å². The Morgan fingerprint density at radius 1 is 0.625 bits per heavy atom. The number of aliphatic hydroxyl groups is 7. The molecule has 1 rings (SSSR count). The summed E-state index contributed by atoms with van der Waals surface area (Å²) in [5, 5.41) is 74.1. The fraction of sp³-hybridized carbons (Fsp3) is 0.881. The second-order valence-electron chi connectivity index (χ2n) is 15.7. The minimum atomic E-state index is -5.14. The van der Waals surface area contributed by atoms with Gasteiger partial charge in [-0.2, -0.15) is 0 Å². The third-order valence-electron chi connectivity index (χ3n) is 10.5. The topological polar surface area (TPSA) is 226 Å². The lowest BCUT2D eigenvalue weighted by Gasteiger charge is -2.41. The van der Waals surface area contributed by atoms with Crippen LogP contribution in [0.5, 0.6) is 0 Å². The van der Waals surface area contributed by atoms with Crippen LogP contribution in [0.4, 0.5) is 0 Å². The van der Waals surface area contributed by atoms with E-state index in [9.17, 15) is 50.0 Å². The summed E-state index contributed by atoms with van der Waals surface area (Å²) in [6.45, 7) is 3.66. The van der Waals surface area contributed by atoms with E-state index >= 15 is 0 Å². The lowest BCUT2D eigenvalue weighted by Crippen LogP contribution is -2.64. The van der Waals surface area contributed by atoms with E-state index in [0.717, 1.165) is 51.4 Å². The molecule has 0 heterocycles. The monoisotopic (exact) mass is 822 g/mol. The van der Waals surface area contributed by atoms with Gasteiger partial charge in [-0.15, -0.1) is 0 Å². The lowest BCUT2D eigenvalue weighted by molar-refractivity contribution is -0.220. The number of hydrogen-bond donors (Lipinski definition) is 9. The van der Waals surface area contributed by atoms with Gasteiger partial charge in [-0.1, -0.05) is 160 Å². The maximum atomic E-state index is 12.9. The number of rotatable bonds is 35. The van der Waals surface area contributed by atoms with Crippen molar-refractivity contribution in [3.05, 3.63) is 24.3 Å². The summed E-state index contributed by atoms with van der Waals surface area (Å²) in [6.07, 6.45) is 20.2. The Balaban J connectivity index is 2.57. The molecule has 0 radical (unpaired) electrons. The summed E-state index contributed by atoms with van der Waals surface area (Å²) in [5.41, 5.74) is 0. The first kappa shape index (κ1) is 52.8. The van der Waals surface area contributed by atoms with E-state index in [1.807, 2.05) is 0 Å². The van der Waals surface area contributed by atoms with Gasteiger partial charge in [0.1, 0.15) is 36.6 Å². The minimum Gasteiger partial charge on any atom is -0.393 e. The second kappa shape index (κ2) is 32.6. The normalized spacial score (nSPS) is 24.4. The maximum Gasteiger partial charge on any atom is 0.472 e. The Morgan fingerprint density at radius 2 is 1.05 bits per heavy atom. The standard InChI is InChI=1S/C42H80NO12P/c1-3-5-7-9-11-12-13-14-15-16-17-18-19-20-21-22-24-26-28-30-35(45)34(43-36(46)31-33(44)29-27-25-23-10-8-6-4-2)32-54-56(52,53)55-42-40(50)38(48)37(47)39(49)41(42)51/h21-22,28,30,33-35,37-42,44-45,47-51H,3-20,23-27,29,31-32H2,1-2H3,(H,43,46)(H,52,53)/b22-21+,30-28+. The molecule has 330 valence electrons. The van der Waals surface area contributed by atoms with Crippen molar-refractivity contribution in [2.24, 2.45) is 0 Å². The smallest absolute Gasteiger partial charge is 0.393 e. The van der Waals surface area contributed by atoms with Crippen LogP contribution in [0.25, 0.3) is 0 Å². The first-order valence-corrected chi connectivity index (χ1v) is 23.4. The zero-order valence-corrected chi connectivity index (χ0v) is 35.4. The van der Waals surface area contributed by atoms with Gasteiger partial charge in [-0.05, 0) is 32.1 Å². The number of phosphoric ester groups is 1. The Bertz CT molecular complexity index is 1060. The molecule has 14 heteroatoms. The summed E-state index contributed by atoms with van der Waals surface area (Å²) in [7, 11) is -5.14. The zero-order valence-electron chi connectivity index (χ0n) is 34.5. The van der Waals surface area contributed by atoms with Gasteiger partial charge in [0.2, 0.25) is 5.91 Å². The fourth-order valence-corrected chi connectivity index (χ4v) is 7.87. The van der Waals surface area contributed by atoms with Gasteiger partial charge in [0, 0.05) is 0 Å². The first-order chi connectivity index (χ1) is 26.8. The highest BCUT2D eigenvalue weighted by Crippen LogP contribution is 2.47. The first-order valence-electron chi connectivity index (χ1n) is 21.9. The van der Waals surface area contributed by atoms with Crippen LogP contribution >= 0.6 is 7.82 Å². The number of amides is 1. The van der Waals surface area contributed by atoms with Crippen molar-refractivity contribution in [1.82, 2.24) is 5.32 Å². The molecule has 1 aliphatic carbocycles. The van der Waals surface area contributed by atoms with E-state index in [2.05, 4.69) is 31.3 Å². The van der Waals surface area contributed by atoms with Crippen LogP contribution in [0.2, 0.25) is 0 Å². The molecule has 56 heavy (non-hydrogen) atoms. The summed E-state index contributed by atoms with van der Waals surface area (Å²) in [6, 6.07) is -1.25. The number of carbonyl (C=O) groups excluding carboxylic acids is 1. The predicted molar refractivity (Wildman–Crippen MR) is 220 cm³/mol. The van der Waals surface area contributed by atoms with E-state index in [1.165, 1.54) is 96.0 Å². The fourth-order valence-electron chi connectivity index (χ4n) is 6.90. The number of aliphatic hydroxyl groups excluding tert-OH is 7. The van der Waals surface area contributed by atoms with Crippen molar-refractivity contribution in [2.75, 3.05) is 6.61 Å². The number of allylic oxidation sites excluding steroid dienone is 3. The molecule has 8 atom stereocenters. The Morgan fingerprint density at radius 3 is 1.57 bits per heavy atom. The molecule has 0 aromatic heterocycles. The van der Waals surface area contributed by atoms with Crippen molar-refractivity contribution in [3.8, 4) is 0 Å². The predicted octanol–water partition coefficient (Wildman–Crippen LogP) is 6.42. The molecule has 1 aliphatic rings. The van der Waals surface area contributed by atoms with E-state index < -0.39 is 75.2 Å². The van der Waals surface area contributed by atoms with Gasteiger partial charge in [-0.3, -0.25) is 13.8 Å². The molecule has 8 unspecified atom stereocenters. The number of nitrogens with one attached hydrogen (secondary N) is 1.